The summed E-state index contributed by atoms with van der Waals surface area (Å²) in [7, 11) is -4.25. The molecule has 0 radical (unpaired) electrons. The molecule has 0 saturated heterocycles. The molecule has 0 spiro atoms. The quantitative estimate of drug-likeness (QED) is 0.144. The van der Waals surface area contributed by atoms with Gasteiger partial charge in [0.25, 0.3) is 10.0 Å². The number of thioether (sulfide) groups is 1. The number of hydrogen-bond donors (Lipinski definition) is 1. The zero-order valence-corrected chi connectivity index (χ0v) is 27.8. The third-order valence-corrected chi connectivity index (χ3v) is 9.82. The first-order valence-corrected chi connectivity index (χ1v) is 17.3. The molecule has 0 bridgehead atoms. The van der Waals surface area contributed by atoms with E-state index in [1.54, 1.807) is 68.4 Å². The molecule has 8 nitrogen and oxygen atoms in total. The number of unbranched alkanes of at least 4 members (excludes halogenated alkanes) is 1. The molecule has 0 fully saturated rings. The standard InChI is InChI=1S/C31H37Cl2N3O5S2/c1-5-7-18-34-31(38)22(3)35(20-23-12-13-24(32)19-27(23)33)30(37)21-36(28-10-8-9-11-29(28)41-6-2)43(39,40)26-16-14-25(42-4)15-17-26/h8-17,19,22H,5-7,18,20-21H2,1-4H3,(H,34,38)/t22-/m0/s1. The molecule has 43 heavy (non-hydrogen) atoms. The first-order valence-electron chi connectivity index (χ1n) is 13.9. The van der Waals surface area contributed by atoms with Gasteiger partial charge in [-0.2, -0.15) is 0 Å². The number of amides is 2. The van der Waals surface area contributed by atoms with Gasteiger partial charge in [0.15, 0.2) is 0 Å². The van der Waals surface area contributed by atoms with E-state index < -0.39 is 28.5 Å². The first-order chi connectivity index (χ1) is 20.5. The molecule has 0 unspecified atom stereocenters. The Morgan fingerprint density at radius 3 is 2.35 bits per heavy atom. The highest BCUT2D eigenvalue weighted by molar-refractivity contribution is 7.98. The van der Waals surface area contributed by atoms with Crippen molar-refractivity contribution in [3.05, 3.63) is 82.3 Å². The molecular formula is C31H37Cl2N3O5S2. The summed E-state index contributed by atoms with van der Waals surface area (Å²) in [5.74, 6) is -0.650. The number of nitrogens with one attached hydrogen (secondary N) is 1. The van der Waals surface area contributed by atoms with Gasteiger partial charge in [-0.25, -0.2) is 8.42 Å². The van der Waals surface area contributed by atoms with Gasteiger partial charge in [-0.05, 0) is 80.6 Å². The fraction of sp³-hybridized carbons (Fsp3) is 0.355. The minimum absolute atomic E-state index is 0.0158. The van der Waals surface area contributed by atoms with Gasteiger partial charge in [0.05, 0.1) is 17.2 Å². The van der Waals surface area contributed by atoms with E-state index in [0.29, 0.717) is 27.9 Å². The topological polar surface area (TPSA) is 96.0 Å². The zero-order chi connectivity index (χ0) is 31.6. The second kappa shape index (κ2) is 16.2. The normalized spacial score (nSPS) is 12.0. The van der Waals surface area contributed by atoms with Crippen LogP contribution < -0.4 is 14.4 Å². The Labute approximate surface area is 268 Å². The van der Waals surface area contributed by atoms with E-state index in [4.69, 9.17) is 27.9 Å². The van der Waals surface area contributed by atoms with Crippen molar-refractivity contribution < 1.29 is 22.7 Å². The molecule has 232 valence electrons. The van der Waals surface area contributed by atoms with E-state index in [1.807, 2.05) is 13.2 Å². The summed E-state index contributed by atoms with van der Waals surface area (Å²) in [6.45, 7) is 5.53. The molecule has 0 aromatic heterocycles. The summed E-state index contributed by atoms with van der Waals surface area (Å²) in [6, 6.07) is 17.0. The Balaban J connectivity index is 2.08. The van der Waals surface area contributed by atoms with Crippen molar-refractivity contribution in [1.29, 1.82) is 0 Å². The highest BCUT2D eigenvalue weighted by atomic mass is 35.5. The van der Waals surface area contributed by atoms with Crippen LogP contribution in [-0.2, 0) is 26.2 Å². The molecule has 1 N–H and O–H groups in total. The SMILES string of the molecule is CCCCNC(=O)[C@H](C)N(Cc1ccc(Cl)cc1Cl)C(=O)CN(c1ccccc1OCC)S(=O)(=O)c1ccc(SC)cc1. The van der Waals surface area contributed by atoms with Crippen LogP contribution in [0.1, 0.15) is 39.2 Å². The maximum absolute atomic E-state index is 14.2. The predicted octanol–water partition coefficient (Wildman–Crippen LogP) is 6.64. The number of ether oxygens (including phenoxy) is 1. The average molecular weight is 667 g/mol. The van der Waals surface area contributed by atoms with E-state index in [1.165, 1.54) is 28.8 Å². The fourth-order valence-electron chi connectivity index (χ4n) is 4.28. The summed E-state index contributed by atoms with van der Waals surface area (Å²) < 4.78 is 35.1. The largest absolute Gasteiger partial charge is 0.492 e. The van der Waals surface area contributed by atoms with Gasteiger partial charge in [-0.1, -0.05) is 54.7 Å². The van der Waals surface area contributed by atoms with Crippen LogP contribution in [0.4, 0.5) is 5.69 Å². The minimum Gasteiger partial charge on any atom is -0.492 e. The monoisotopic (exact) mass is 665 g/mol. The van der Waals surface area contributed by atoms with Gasteiger partial charge in [0.1, 0.15) is 18.3 Å². The fourth-order valence-corrected chi connectivity index (χ4v) is 6.58. The summed E-state index contributed by atoms with van der Waals surface area (Å²) in [6.07, 6.45) is 3.57. The van der Waals surface area contributed by atoms with Crippen molar-refractivity contribution in [2.75, 3.05) is 30.3 Å². The minimum atomic E-state index is -4.25. The number of rotatable bonds is 15. The predicted molar refractivity (Wildman–Crippen MR) is 175 cm³/mol. The first kappa shape index (κ1) is 34.6. The van der Waals surface area contributed by atoms with Crippen molar-refractivity contribution in [2.24, 2.45) is 0 Å². The Hall–Kier alpha value is -2.92. The highest BCUT2D eigenvalue weighted by Crippen LogP contribution is 2.33. The molecule has 0 saturated carbocycles. The second-order valence-electron chi connectivity index (χ2n) is 9.67. The van der Waals surface area contributed by atoms with Crippen molar-refractivity contribution in [2.45, 2.75) is 56.0 Å². The number of halogens is 2. The van der Waals surface area contributed by atoms with Crippen molar-refractivity contribution in [1.82, 2.24) is 10.2 Å². The van der Waals surface area contributed by atoms with Crippen LogP contribution in [0.3, 0.4) is 0 Å². The Morgan fingerprint density at radius 1 is 1.02 bits per heavy atom. The molecule has 0 aliphatic carbocycles. The van der Waals surface area contributed by atoms with Crippen LogP contribution in [-0.4, -0.2) is 57.1 Å². The lowest BCUT2D eigenvalue weighted by atomic mass is 10.1. The van der Waals surface area contributed by atoms with Gasteiger partial charge < -0.3 is 15.0 Å². The lowest BCUT2D eigenvalue weighted by Crippen LogP contribution is -2.51. The highest BCUT2D eigenvalue weighted by Gasteiger charge is 2.34. The molecule has 3 aromatic rings. The van der Waals surface area contributed by atoms with E-state index in [9.17, 15) is 18.0 Å². The number of hydrogen-bond acceptors (Lipinski definition) is 6. The number of para-hydroxylation sites is 2. The third-order valence-electron chi connectivity index (χ3n) is 6.71. The van der Waals surface area contributed by atoms with E-state index in [2.05, 4.69) is 5.32 Å². The third kappa shape index (κ3) is 9.04. The molecule has 3 rings (SSSR count). The van der Waals surface area contributed by atoms with E-state index in [-0.39, 0.29) is 29.6 Å². The van der Waals surface area contributed by atoms with Crippen LogP contribution in [0.2, 0.25) is 10.0 Å². The lowest BCUT2D eigenvalue weighted by molar-refractivity contribution is -0.139. The molecule has 1 atom stereocenters. The Morgan fingerprint density at radius 2 is 1.72 bits per heavy atom. The van der Waals surface area contributed by atoms with Crippen LogP contribution in [0.15, 0.2) is 76.5 Å². The summed E-state index contributed by atoms with van der Waals surface area (Å²) in [5, 5.41) is 3.61. The number of benzene rings is 3. The van der Waals surface area contributed by atoms with Gasteiger partial charge in [-0.3, -0.25) is 13.9 Å². The Bertz CT molecular complexity index is 1500. The smallest absolute Gasteiger partial charge is 0.264 e. The number of sulfonamides is 1. The molecular weight excluding hydrogens is 629 g/mol. The Kier molecular flexibility index (Phi) is 13.1. The van der Waals surface area contributed by atoms with Gasteiger partial charge in [0.2, 0.25) is 11.8 Å². The average Bonchev–Trinajstić information content (AvgIpc) is 2.99. The summed E-state index contributed by atoms with van der Waals surface area (Å²) >= 11 is 14.0. The molecule has 0 heterocycles. The zero-order valence-electron chi connectivity index (χ0n) is 24.7. The summed E-state index contributed by atoms with van der Waals surface area (Å²) in [5.41, 5.74) is 0.764. The van der Waals surface area contributed by atoms with Crippen LogP contribution in [0.25, 0.3) is 0 Å². The molecule has 2 amide bonds. The van der Waals surface area contributed by atoms with Gasteiger partial charge in [-0.15, -0.1) is 11.8 Å². The van der Waals surface area contributed by atoms with E-state index in [0.717, 1.165) is 22.0 Å². The molecule has 0 aliphatic heterocycles. The molecule has 0 aliphatic rings. The number of nitrogens with zero attached hydrogens (tertiary/aromatic N) is 2. The molecule has 3 aromatic carbocycles. The molecule has 12 heteroatoms. The number of carbonyl (C=O) groups is 2. The summed E-state index contributed by atoms with van der Waals surface area (Å²) in [4.78, 5) is 29.6. The maximum atomic E-state index is 14.2. The van der Waals surface area contributed by atoms with Crippen molar-refractivity contribution >= 4 is 62.5 Å². The van der Waals surface area contributed by atoms with Gasteiger partial charge in [0, 0.05) is 28.0 Å². The maximum Gasteiger partial charge on any atom is 0.264 e. The van der Waals surface area contributed by atoms with E-state index >= 15 is 0 Å². The van der Waals surface area contributed by atoms with Crippen LogP contribution >= 0.6 is 35.0 Å². The van der Waals surface area contributed by atoms with Crippen LogP contribution in [0.5, 0.6) is 5.75 Å². The van der Waals surface area contributed by atoms with Crippen molar-refractivity contribution in [3.63, 3.8) is 0 Å². The number of anilines is 1. The lowest BCUT2D eigenvalue weighted by Gasteiger charge is -2.32. The van der Waals surface area contributed by atoms with Crippen LogP contribution in [0, 0.1) is 0 Å². The van der Waals surface area contributed by atoms with Gasteiger partial charge >= 0.3 is 0 Å². The van der Waals surface area contributed by atoms with Crippen molar-refractivity contribution in [3.8, 4) is 5.75 Å². The second-order valence-corrected chi connectivity index (χ2v) is 13.3. The number of carbonyl (C=O) groups excluding carboxylic acids is 2.